The van der Waals surface area contributed by atoms with Crippen LogP contribution < -0.4 is 15.5 Å². The smallest absolute Gasteiger partial charge is 0.329 e. The van der Waals surface area contributed by atoms with E-state index in [0.29, 0.717) is 35.9 Å². The molecule has 0 fully saturated rings. The molecule has 0 radical (unpaired) electrons. The number of carbonyl (C=O) groups excluding carboxylic acids is 2. The molecule has 0 bridgehead atoms. The summed E-state index contributed by atoms with van der Waals surface area (Å²) in [7, 11) is 1.52. The van der Waals surface area contributed by atoms with Crippen LogP contribution in [0, 0.1) is 0 Å². The van der Waals surface area contributed by atoms with Gasteiger partial charge in [-0.15, -0.1) is 0 Å². The number of hydrogen-bond acceptors (Lipinski definition) is 5. The Hall–Kier alpha value is -2.12. The molecule has 1 aromatic rings. The number of hydrogen-bond donors (Lipinski definition) is 2. The van der Waals surface area contributed by atoms with Crippen LogP contribution in [0.2, 0.25) is 5.02 Å². The fourth-order valence-corrected chi connectivity index (χ4v) is 1.92. The Kier molecular flexibility index (Phi) is 8.81. The zero-order chi connectivity index (χ0) is 17.9. The van der Waals surface area contributed by atoms with Crippen molar-refractivity contribution in [1.82, 2.24) is 10.7 Å². The van der Waals surface area contributed by atoms with Gasteiger partial charge in [0, 0.05) is 13.2 Å². The van der Waals surface area contributed by atoms with Crippen LogP contribution in [0.5, 0.6) is 5.75 Å². The van der Waals surface area contributed by atoms with E-state index in [4.69, 9.17) is 21.1 Å². The Morgan fingerprint density at radius 1 is 1.33 bits per heavy atom. The zero-order valence-corrected chi connectivity index (χ0v) is 14.7. The molecule has 1 rings (SSSR count). The third kappa shape index (κ3) is 7.43. The van der Waals surface area contributed by atoms with Crippen LogP contribution in [-0.2, 0) is 14.3 Å². The van der Waals surface area contributed by atoms with E-state index in [1.165, 1.54) is 13.3 Å². The predicted molar refractivity (Wildman–Crippen MR) is 92.5 cm³/mol. The Bertz CT molecular complexity index is 591. The fraction of sp³-hybridized carbons (Fsp3) is 0.438. The second-order valence-electron chi connectivity index (χ2n) is 5.12. The van der Waals surface area contributed by atoms with Crippen molar-refractivity contribution in [2.24, 2.45) is 5.10 Å². The lowest BCUT2D eigenvalue weighted by Gasteiger charge is -2.07. The summed E-state index contributed by atoms with van der Waals surface area (Å²) < 4.78 is 10.4. The lowest BCUT2D eigenvalue weighted by molar-refractivity contribution is -0.139. The third-order valence-electron chi connectivity index (χ3n) is 2.82. The predicted octanol–water partition coefficient (Wildman–Crippen LogP) is 1.73. The number of ether oxygens (including phenoxy) is 2. The summed E-state index contributed by atoms with van der Waals surface area (Å²) in [5, 5.41) is 6.63. The van der Waals surface area contributed by atoms with Gasteiger partial charge in [0.2, 0.25) is 0 Å². The standard InChI is InChI=1S/C16H22ClN3O4/c1-11(2)24-8-4-7-18-15(21)16(22)20-19-10-12-5-6-14(23-3)13(17)9-12/h5-6,9-11H,4,7-8H2,1-3H3,(H,18,21)(H,20,22)/b19-10-. The van der Waals surface area contributed by atoms with Crippen molar-refractivity contribution in [3.63, 3.8) is 0 Å². The maximum atomic E-state index is 11.6. The molecule has 7 nitrogen and oxygen atoms in total. The first kappa shape index (κ1) is 19.9. The molecule has 0 saturated carbocycles. The minimum absolute atomic E-state index is 0.143. The van der Waals surface area contributed by atoms with Crippen LogP contribution in [0.3, 0.4) is 0 Å². The topological polar surface area (TPSA) is 89.0 Å². The maximum Gasteiger partial charge on any atom is 0.329 e. The number of rotatable bonds is 8. The number of benzene rings is 1. The van der Waals surface area contributed by atoms with Crippen molar-refractivity contribution in [2.45, 2.75) is 26.4 Å². The van der Waals surface area contributed by atoms with Gasteiger partial charge in [0.25, 0.3) is 0 Å². The molecule has 2 N–H and O–H groups in total. The van der Waals surface area contributed by atoms with Crippen LogP contribution in [0.25, 0.3) is 0 Å². The van der Waals surface area contributed by atoms with Crippen LogP contribution in [0.15, 0.2) is 23.3 Å². The highest BCUT2D eigenvalue weighted by molar-refractivity contribution is 6.35. The molecule has 0 heterocycles. The quantitative estimate of drug-likeness (QED) is 0.321. The van der Waals surface area contributed by atoms with Crippen molar-refractivity contribution in [3.05, 3.63) is 28.8 Å². The molecule has 0 aromatic heterocycles. The summed E-state index contributed by atoms with van der Waals surface area (Å²) in [4.78, 5) is 23.1. The van der Waals surface area contributed by atoms with E-state index >= 15 is 0 Å². The van der Waals surface area contributed by atoms with Crippen LogP contribution in [-0.4, -0.2) is 44.4 Å². The molecule has 0 aliphatic heterocycles. The first-order chi connectivity index (χ1) is 11.4. The molecule has 0 atom stereocenters. The van der Waals surface area contributed by atoms with Gasteiger partial charge in [0.05, 0.1) is 24.5 Å². The van der Waals surface area contributed by atoms with Gasteiger partial charge in [-0.2, -0.15) is 5.10 Å². The minimum atomic E-state index is -0.837. The van der Waals surface area contributed by atoms with E-state index in [1.54, 1.807) is 18.2 Å². The first-order valence-corrected chi connectivity index (χ1v) is 7.88. The molecule has 1 aromatic carbocycles. The summed E-state index contributed by atoms with van der Waals surface area (Å²) in [5.41, 5.74) is 2.81. The Morgan fingerprint density at radius 3 is 2.71 bits per heavy atom. The molecular formula is C16H22ClN3O4. The maximum absolute atomic E-state index is 11.6. The molecule has 132 valence electrons. The van der Waals surface area contributed by atoms with Gasteiger partial charge in [-0.3, -0.25) is 9.59 Å². The van der Waals surface area contributed by atoms with E-state index in [1.807, 2.05) is 13.8 Å². The summed E-state index contributed by atoms with van der Waals surface area (Å²) in [6.45, 7) is 4.74. The van der Waals surface area contributed by atoms with Gasteiger partial charge >= 0.3 is 11.8 Å². The molecular weight excluding hydrogens is 334 g/mol. The molecule has 2 amide bonds. The normalized spacial score (nSPS) is 10.9. The largest absolute Gasteiger partial charge is 0.495 e. The average Bonchev–Trinajstić information content (AvgIpc) is 2.54. The zero-order valence-electron chi connectivity index (χ0n) is 14.0. The van der Waals surface area contributed by atoms with Crippen molar-refractivity contribution in [3.8, 4) is 5.75 Å². The highest BCUT2D eigenvalue weighted by Gasteiger charge is 2.11. The second-order valence-corrected chi connectivity index (χ2v) is 5.53. The van der Waals surface area contributed by atoms with E-state index in [-0.39, 0.29) is 6.10 Å². The number of methoxy groups -OCH3 is 1. The first-order valence-electron chi connectivity index (χ1n) is 7.50. The number of carbonyl (C=O) groups is 2. The van der Waals surface area contributed by atoms with Crippen molar-refractivity contribution in [1.29, 1.82) is 0 Å². The van der Waals surface area contributed by atoms with Gasteiger partial charge in [-0.1, -0.05) is 11.6 Å². The Balaban J connectivity index is 2.34. The van der Waals surface area contributed by atoms with Crippen molar-refractivity contribution < 1.29 is 19.1 Å². The third-order valence-corrected chi connectivity index (χ3v) is 3.12. The van der Waals surface area contributed by atoms with E-state index in [2.05, 4.69) is 15.8 Å². The highest BCUT2D eigenvalue weighted by atomic mass is 35.5. The lowest BCUT2D eigenvalue weighted by Crippen LogP contribution is -2.38. The number of nitrogens with zero attached hydrogens (tertiary/aromatic N) is 1. The molecule has 24 heavy (non-hydrogen) atoms. The molecule has 8 heteroatoms. The Morgan fingerprint density at radius 2 is 2.08 bits per heavy atom. The molecule has 0 saturated heterocycles. The van der Waals surface area contributed by atoms with Crippen molar-refractivity contribution in [2.75, 3.05) is 20.3 Å². The summed E-state index contributed by atoms with van der Waals surface area (Å²) in [5.74, 6) is -1.04. The number of hydrazone groups is 1. The second kappa shape index (κ2) is 10.6. The molecule has 0 spiro atoms. The van der Waals surface area contributed by atoms with E-state index in [0.717, 1.165) is 0 Å². The SMILES string of the molecule is COc1ccc(/C=N\NC(=O)C(=O)NCCCOC(C)C)cc1Cl. The molecule has 0 unspecified atom stereocenters. The summed E-state index contributed by atoms with van der Waals surface area (Å²) in [6, 6.07) is 5.03. The van der Waals surface area contributed by atoms with Gasteiger partial charge < -0.3 is 14.8 Å². The average molecular weight is 356 g/mol. The molecule has 0 aliphatic rings. The highest BCUT2D eigenvalue weighted by Crippen LogP contribution is 2.24. The van der Waals surface area contributed by atoms with Crippen LogP contribution >= 0.6 is 11.6 Å². The van der Waals surface area contributed by atoms with Gasteiger partial charge in [-0.25, -0.2) is 5.43 Å². The number of halogens is 1. The monoisotopic (exact) mass is 355 g/mol. The lowest BCUT2D eigenvalue weighted by atomic mass is 10.2. The number of amides is 2. The van der Waals surface area contributed by atoms with E-state index in [9.17, 15) is 9.59 Å². The van der Waals surface area contributed by atoms with Crippen LogP contribution in [0.4, 0.5) is 0 Å². The summed E-state index contributed by atoms with van der Waals surface area (Å²) in [6.07, 6.45) is 2.16. The Labute approximate surface area is 146 Å². The summed E-state index contributed by atoms with van der Waals surface area (Å²) >= 11 is 5.98. The van der Waals surface area contributed by atoms with Crippen LogP contribution in [0.1, 0.15) is 25.8 Å². The minimum Gasteiger partial charge on any atom is -0.495 e. The number of nitrogens with one attached hydrogen (secondary N) is 2. The van der Waals surface area contributed by atoms with Gasteiger partial charge in [0.1, 0.15) is 5.75 Å². The van der Waals surface area contributed by atoms with Crippen molar-refractivity contribution >= 4 is 29.6 Å². The van der Waals surface area contributed by atoms with Gasteiger partial charge in [-0.05, 0) is 44.0 Å². The van der Waals surface area contributed by atoms with Gasteiger partial charge in [0.15, 0.2) is 0 Å². The molecule has 0 aliphatic carbocycles. The van der Waals surface area contributed by atoms with E-state index < -0.39 is 11.8 Å². The fourth-order valence-electron chi connectivity index (χ4n) is 1.65.